The van der Waals surface area contributed by atoms with Gasteiger partial charge in [-0.2, -0.15) is 0 Å². The maximum Gasteiger partial charge on any atom is 0.317 e. The Labute approximate surface area is 111 Å². The minimum absolute atomic E-state index is 0.0884. The third-order valence-corrected chi connectivity index (χ3v) is 3.38. The Kier molecular flexibility index (Phi) is 5.65. The van der Waals surface area contributed by atoms with Crippen molar-refractivity contribution in [1.82, 2.24) is 4.90 Å². The average molecular weight is 300 g/mol. The van der Waals surface area contributed by atoms with Crippen LogP contribution in [0.5, 0.6) is 0 Å². The third-order valence-electron chi connectivity index (χ3n) is 2.85. The molecule has 0 amide bonds. The van der Waals surface area contributed by atoms with E-state index >= 15 is 0 Å². The fraction of sp³-hybridized carbons (Fsp3) is 0.462. The molecule has 0 fully saturated rings. The Morgan fingerprint density at radius 3 is 2.47 bits per heavy atom. The number of benzene rings is 1. The second kappa shape index (κ2) is 6.77. The van der Waals surface area contributed by atoms with Gasteiger partial charge in [0.15, 0.2) is 0 Å². The van der Waals surface area contributed by atoms with E-state index in [1.807, 2.05) is 29.2 Å². The summed E-state index contributed by atoms with van der Waals surface area (Å²) in [6.07, 6.45) is 0.948. The first-order valence-corrected chi connectivity index (χ1v) is 6.52. The molecule has 0 radical (unpaired) electrons. The maximum absolute atomic E-state index is 10.8. The molecule has 4 heteroatoms. The van der Waals surface area contributed by atoms with Crippen molar-refractivity contribution in [2.45, 2.75) is 32.9 Å². The first-order valence-electron chi connectivity index (χ1n) is 5.73. The van der Waals surface area contributed by atoms with Crippen LogP contribution in [0.3, 0.4) is 0 Å². The molecule has 0 aliphatic carbocycles. The van der Waals surface area contributed by atoms with Gasteiger partial charge in [-0.3, -0.25) is 9.69 Å². The van der Waals surface area contributed by atoms with Gasteiger partial charge in [0.05, 0.1) is 6.54 Å². The van der Waals surface area contributed by atoms with E-state index < -0.39 is 5.97 Å². The Morgan fingerprint density at radius 2 is 2.00 bits per heavy atom. The van der Waals surface area contributed by atoms with Gasteiger partial charge in [-0.1, -0.05) is 35.0 Å². The molecule has 1 atom stereocenters. The lowest BCUT2D eigenvalue weighted by molar-refractivity contribution is -0.139. The molecule has 0 saturated heterocycles. The van der Waals surface area contributed by atoms with Crippen LogP contribution in [0.4, 0.5) is 0 Å². The van der Waals surface area contributed by atoms with Gasteiger partial charge < -0.3 is 5.11 Å². The normalized spacial score (nSPS) is 12.7. The van der Waals surface area contributed by atoms with Gasteiger partial charge in [0.1, 0.15) is 0 Å². The molecule has 94 valence electrons. The molecular formula is C13H18BrNO2. The van der Waals surface area contributed by atoms with Gasteiger partial charge in [0.2, 0.25) is 0 Å². The molecule has 3 nitrogen and oxygen atoms in total. The molecule has 1 N–H and O–H groups in total. The van der Waals surface area contributed by atoms with E-state index in [0.29, 0.717) is 6.54 Å². The lowest BCUT2D eigenvalue weighted by atomic mass is 10.1. The summed E-state index contributed by atoms with van der Waals surface area (Å²) in [6, 6.07) is 8.26. The van der Waals surface area contributed by atoms with Crippen molar-refractivity contribution in [3.8, 4) is 0 Å². The van der Waals surface area contributed by atoms with Crippen molar-refractivity contribution in [3.05, 3.63) is 34.3 Å². The van der Waals surface area contributed by atoms with Crippen LogP contribution in [-0.4, -0.2) is 28.6 Å². The lowest BCUT2D eigenvalue weighted by Gasteiger charge is -2.26. The summed E-state index contributed by atoms with van der Waals surface area (Å²) >= 11 is 3.39. The van der Waals surface area contributed by atoms with Crippen molar-refractivity contribution < 1.29 is 9.90 Å². The minimum atomic E-state index is -0.776. The molecule has 0 aromatic heterocycles. The molecule has 1 unspecified atom stereocenters. The molecule has 0 bridgehead atoms. The summed E-state index contributed by atoms with van der Waals surface area (Å²) in [5.41, 5.74) is 1.13. The largest absolute Gasteiger partial charge is 0.480 e. The monoisotopic (exact) mass is 299 g/mol. The minimum Gasteiger partial charge on any atom is -0.480 e. The zero-order chi connectivity index (χ0) is 12.8. The molecule has 0 aliphatic heterocycles. The van der Waals surface area contributed by atoms with E-state index in [2.05, 4.69) is 29.8 Å². The Morgan fingerprint density at radius 1 is 1.41 bits per heavy atom. The van der Waals surface area contributed by atoms with Gasteiger partial charge in [-0.05, 0) is 31.0 Å². The quantitative estimate of drug-likeness (QED) is 0.877. The molecule has 0 saturated carbocycles. The number of nitrogens with zero attached hydrogens (tertiary/aromatic N) is 1. The molecule has 0 spiro atoms. The Bertz CT molecular complexity index is 364. The molecule has 0 heterocycles. The molecule has 1 aromatic carbocycles. The Hall–Kier alpha value is -0.870. The van der Waals surface area contributed by atoms with Crippen molar-refractivity contribution in [1.29, 1.82) is 0 Å². The third kappa shape index (κ3) is 4.88. The second-order valence-corrected chi connectivity index (χ2v) is 5.10. The van der Waals surface area contributed by atoms with Crippen LogP contribution in [0, 0.1) is 0 Å². The van der Waals surface area contributed by atoms with E-state index in [9.17, 15) is 4.79 Å². The van der Waals surface area contributed by atoms with E-state index in [1.54, 1.807) is 0 Å². The van der Waals surface area contributed by atoms with Gasteiger partial charge >= 0.3 is 5.97 Å². The number of rotatable bonds is 6. The van der Waals surface area contributed by atoms with Gasteiger partial charge in [-0.25, -0.2) is 0 Å². The standard InChI is InChI=1S/C13H18BrNO2/c1-3-10(2)15(9-13(16)17)8-11-4-6-12(14)7-5-11/h4-7,10H,3,8-9H2,1-2H3,(H,16,17). The van der Waals surface area contributed by atoms with Gasteiger partial charge in [0.25, 0.3) is 0 Å². The predicted molar refractivity (Wildman–Crippen MR) is 71.9 cm³/mol. The highest BCUT2D eigenvalue weighted by atomic mass is 79.9. The van der Waals surface area contributed by atoms with Gasteiger partial charge in [-0.15, -0.1) is 0 Å². The summed E-state index contributed by atoms with van der Waals surface area (Å²) in [5, 5.41) is 8.90. The van der Waals surface area contributed by atoms with Crippen LogP contribution < -0.4 is 0 Å². The first-order chi connectivity index (χ1) is 8.02. The van der Waals surface area contributed by atoms with Crippen LogP contribution in [0.2, 0.25) is 0 Å². The number of carboxylic acid groups (broad SMARTS) is 1. The summed E-state index contributed by atoms with van der Waals surface area (Å²) in [4.78, 5) is 12.8. The van der Waals surface area contributed by atoms with Crippen LogP contribution in [0.15, 0.2) is 28.7 Å². The highest BCUT2D eigenvalue weighted by Gasteiger charge is 2.15. The maximum atomic E-state index is 10.8. The van der Waals surface area contributed by atoms with Gasteiger partial charge in [0, 0.05) is 17.1 Å². The van der Waals surface area contributed by atoms with E-state index in [1.165, 1.54) is 0 Å². The molecule has 0 aliphatic rings. The molecular weight excluding hydrogens is 282 g/mol. The second-order valence-electron chi connectivity index (χ2n) is 4.18. The summed E-state index contributed by atoms with van der Waals surface area (Å²) in [6.45, 7) is 4.89. The lowest BCUT2D eigenvalue weighted by Crippen LogP contribution is -2.36. The van der Waals surface area contributed by atoms with Crippen molar-refractivity contribution >= 4 is 21.9 Å². The summed E-state index contributed by atoms with van der Waals surface area (Å²) in [7, 11) is 0. The Balaban J connectivity index is 2.71. The zero-order valence-electron chi connectivity index (χ0n) is 10.2. The molecule has 1 aromatic rings. The topological polar surface area (TPSA) is 40.5 Å². The zero-order valence-corrected chi connectivity index (χ0v) is 11.8. The SMILES string of the molecule is CCC(C)N(CC(=O)O)Cc1ccc(Br)cc1. The summed E-state index contributed by atoms with van der Waals surface area (Å²) < 4.78 is 1.04. The van der Waals surface area contributed by atoms with Crippen LogP contribution >= 0.6 is 15.9 Å². The highest BCUT2D eigenvalue weighted by Crippen LogP contribution is 2.14. The molecule has 1 rings (SSSR count). The van der Waals surface area contributed by atoms with Crippen molar-refractivity contribution in [2.75, 3.05) is 6.54 Å². The number of halogens is 1. The first kappa shape index (κ1) is 14.2. The number of carboxylic acids is 1. The summed E-state index contributed by atoms with van der Waals surface area (Å²) in [5.74, 6) is -0.776. The van der Waals surface area contributed by atoms with E-state index in [-0.39, 0.29) is 12.6 Å². The highest BCUT2D eigenvalue weighted by molar-refractivity contribution is 9.10. The smallest absolute Gasteiger partial charge is 0.317 e. The van der Waals surface area contributed by atoms with E-state index in [0.717, 1.165) is 16.5 Å². The van der Waals surface area contributed by atoms with Crippen LogP contribution in [0.25, 0.3) is 0 Å². The number of aliphatic carboxylic acids is 1. The van der Waals surface area contributed by atoms with Crippen LogP contribution in [-0.2, 0) is 11.3 Å². The average Bonchev–Trinajstić information content (AvgIpc) is 2.29. The van der Waals surface area contributed by atoms with Crippen molar-refractivity contribution in [2.24, 2.45) is 0 Å². The van der Waals surface area contributed by atoms with Crippen LogP contribution in [0.1, 0.15) is 25.8 Å². The fourth-order valence-electron chi connectivity index (χ4n) is 1.62. The number of hydrogen-bond acceptors (Lipinski definition) is 2. The van der Waals surface area contributed by atoms with E-state index in [4.69, 9.17) is 5.11 Å². The fourth-order valence-corrected chi connectivity index (χ4v) is 1.89. The van der Waals surface area contributed by atoms with Crippen molar-refractivity contribution in [3.63, 3.8) is 0 Å². The predicted octanol–water partition coefficient (Wildman–Crippen LogP) is 3.13. The number of hydrogen-bond donors (Lipinski definition) is 1. The molecule has 17 heavy (non-hydrogen) atoms. The number of carbonyl (C=O) groups is 1.